The molecule has 2 N–H and O–H groups in total. The average Bonchev–Trinajstić information content (AvgIpc) is 2.27. The fraction of sp³-hybridized carbons (Fsp3) is 0.800. The second-order valence-corrected chi connectivity index (χ2v) is 4.73. The number of hydrogen-bond acceptors (Lipinski definition) is 4. The van der Waals surface area contributed by atoms with E-state index in [4.69, 9.17) is 19.7 Å². The second kappa shape index (κ2) is 3.84. The van der Waals surface area contributed by atoms with Gasteiger partial charge >= 0.3 is 12.3 Å². The highest BCUT2D eigenvalue weighted by molar-refractivity contribution is 5.58. The molecule has 1 rings (SSSR count). The summed E-state index contributed by atoms with van der Waals surface area (Å²) >= 11 is 0. The highest BCUT2D eigenvalue weighted by atomic mass is 16.7. The Bertz CT molecular complexity index is 310. The summed E-state index contributed by atoms with van der Waals surface area (Å²) < 4.78 is 9.62. The van der Waals surface area contributed by atoms with Gasteiger partial charge in [-0.3, -0.25) is 0 Å². The number of hydrogen-bond donors (Lipinski definition) is 2. The van der Waals surface area contributed by atoms with Gasteiger partial charge in [-0.25, -0.2) is 9.59 Å². The van der Waals surface area contributed by atoms with Crippen LogP contribution in [-0.2, 0) is 9.47 Å². The zero-order chi connectivity index (χ0) is 12.6. The smallest absolute Gasteiger partial charge is 0.450 e. The lowest BCUT2D eigenvalue weighted by Gasteiger charge is -2.38. The summed E-state index contributed by atoms with van der Waals surface area (Å²) in [7, 11) is 0. The Balaban J connectivity index is 2.85. The van der Waals surface area contributed by atoms with E-state index in [9.17, 15) is 9.59 Å². The van der Waals surface area contributed by atoms with E-state index in [-0.39, 0.29) is 0 Å². The molecule has 0 saturated heterocycles. The lowest BCUT2D eigenvalue weighted by atomic mass is 9.77. The Morgan fingerprint density at radius 3 is 2.19 bits per heavy atom. The fourth-order valence-corrected chi connectivity index (χ4v) is 2.13. The van der Waals surface area contributed by atoms with E-state index in [1.165, 1.54) is 0 Å². The predicted molar refractivity (Wildman–Crippen MR) is 53.4 cm³/mol. The maximum atomic E-state index is 10.6. The summed E-state index contributed by atoms with van der Waals surface area (Å²) in [5.74, 6) is 0. The quantitative estimate of drug-likeness (QED) is 0.709. The van der Waals surface area contributed by atoms with Crippen molar-refractivity contribution >= 4 is 12.3 Å². The second-order valence-electron chi connectivity index (χ2n) is 4.73. The van der Waals surface area contributed by atoms with Crippen molar-refractivity contribution in [3.8, 4) is 0 Å². The number of ether oxygens (including phenoxy) is 2. The van der Waals surface area contributed by atoms with Gasteiger partial charge in [0, 0.05) is 5.41 Å². The summed E-state index contributed by atoms with van der Waals surface area (Å²) in [4.78, 5) is 21.1. The number of rotatable bonds is 2. The topological polar surface area (TPSA) is 93.1 Å². The van der Waals surface area contributed by atoms with Crippen molar-refractivity contribution < 1.29 is 29.3 Å². The Morgan fingerprint density at radius 2 is 1.75 bits per heavy atom. The van der Waals surface area contributed by atoms with Gasteiger partial charge < -0.3 is 19.7 Å². The molecule has 92 valence electrons. The third kappa shape index (κ3) is 2.05. The Morgan fingerprint density at radius 1 is 1.19 bits per heavy atom. The molecule has 0 amide bonds. The van der Waals surface area contributed by atoms with Crippen molar-refractivity contribution in [2.45, 2.75) is 45.3 Å². The molecule has 0 aliphatic heterocycles. The molecule has 6 heteroatoms. The highest BCUT2D eigenvalue weighted by Crippen LogP contribution is 2.49. The molecule has 2 unspecified atom stereocenters. The number of carboxylic acid groups (broad SMARTS) is 2. The Labute approximate surface area is 93.2 Å². The fourth-order valence-electron chi connectivity index (χ4n) is 2.13. The molecule has 0 aromatic rings. The zero-order valence-corrected chi connectivity index (χ0v) is 9.52. The highest BCUT2D eigenvalue weighted by Gasteiger charge is 2.56. The lowest BCUT2D eigenvalue weighted by molar-refractivity contribution is -0.0956. The third-order valence-corrected chi connectivity index (χ3v) is 3.61. The van der Waals surface area contributed by atoms with Crippen molar-refractivity contribution in [1.29, 1.82) is 0 Å². The standard InChI is InChI=1S/C10H16O6/c1-9(2)6(15-7(11)12)4-5-10(9,3)16-8(13)14/h6H,4-5H2,1-3H3,(H,11,12)(H,13,14). The third-order valence-electron chi connectivity index (χ3n) is 3.61. The van der Waals surface area contributed by atoms with Crippen molar-refractivity contribution in [2.75, 3.05) is 0 Å². The van der Waals surface area contributed by atoms with Crippen LogP contribution in [0, 0.1) is 5.41 Å². The zero-order valence-electron chi connectivity index (χ0n) is 9.52. The van der Waals surface area contributed by atoms with E-state index < -0.39 is 29.4 Å². The van der Waals surface area contributed by atoms with Crippen LogP contribution >= 0.6 is 0 Å². The van der Waals surface area contributed by atoms with Gasteiger partial charge in [-0.05, 0) is 19.8 Å². The SMILES string of the molecule is CC1(OC(=O)O)CCC(OC(=O)O)C1(C)C. The van der Waals surface area contributed by atoms with Crippen LogP contribution < -0.4 is 0 Å². The monoisotopic (exact) mass is 232 g/mol. The summed E-state index contributed by atoms with van der Waals surface area (Å²) in [5.41, 5.74) is -1.59. The average molecular weight is 232 g/mol. The van der Waals surface area contributed by atoms with Crippen LogP contribution in [0.3, 0.4) is 0 Å². The van der Waals surface area contributed by atoms with Gasteiger partial charge in [0.25, 0.3) is 0 Å². The number of carbonyl (C=O) groups is 2. The minimum absolute atomic E-state index is 0.449. The molecule has 0 aromatic carbocycles. The Hall–Kier alpha value is -1.46. The maximum absolute atomic E-state index is 10.6. The molecule has 0 heterocycles. The Kier molecular flexibility index (Phi) is 3.03. The van der Waals surface area contributed by atoms with Gasteiger partial charge in [-0.1, -0.05) is 13.8 Å². The molecule has 0 aromatic heterocycles. The van der Waals surface area contributed by atoms with Crippen molar-refractivity contribution in [3.63, 3.8) is 0 Å². The van der Waals surface area contributed by atoms with E-state index in [1.54, 1.807) is 20.8 Å². The summed E-state index contributed by atoms with van der Waals surface area (Å²) in [6, 6.07) is 0. The van der Waals surface area contributed by atoms with Gasteiger partial charge in [0.1, 0.15) is 11.7 Å². The van der Waals surface area contributed by atoms with Crippen LogP contribution in [0.1, 0.15) is 33.6 Å². The van der Waals surface area contributed by atoms with Crippen molar-refractivity contribution in [3.05, 3.63) is 0 Å². The van der Waals surface area contributed by atoms with E-state index in [0.717, 1.165) is 0 Å². The van der Waals surface area contributed by atoms with Crippen LogP contribution in [0.15, 0.2) is 0 Å². The molecule has 1 fully saturated rings. The molecular weight excluding hydrogens is 216 g/mol. The molecule has 2 atom stereocenters. The van der Waals surface area contributed by atoms with E-state index in [2.05, 4.69) is 0 Å². The molecule has 0 bridgehead atoms. The van der Waals surface area contributed by atoms with Crippen LogP contribution in [-0.4, -0.2) is 34.2 Å². The molecule has 1 saturated carbocycles. The van der Waals surface area contributed by atoms with Gasteiger partial charge in [0.05, 0.1) is 0 Å². The first-order valence-corrected chi connectivity index (χ1v) is 5.00. The van der Waals surface area contributed by atoms with Crippen LogP contribution in [0.5, 0.6) is 0 Å². The van der Waals surface area contributed by atoms with Crippen LogP contribution in [0.4, 0.5) is 9.59 Å². The first-order valence-electron chi connectivity index (χ1n) is 5.00. The summed E-state index contributed by atoms with van der Waals surface area (Å²) in [5, 5.41) is 17.2. The summed E-state index contributed by atoms with van der Waals surface area (Å²) in [6.07, 6.45) is -2.34. The van der Waals surface area contributed by atoms with Crippen molar-refractivity contribution in [1.82, 2.24) is 0 Å². The predicted octanol–water partition coefficient (Wildman–Crippen LogP) is 2.32. The molecule has 1 aliphatic carbocycles. The van der Waals surface area contributed by atoms with Gasteiger partial charge in [-0.15, -0.1) is 0 Å². The first-order chi connectivity index (χ1) is 7.19. The minimum atomic E-state index is -1.36. The molecule has 16 heavy (non-hydrogen) atoms. The van der Waals surface area contributed by atoms with Gasteiger partial charge in [0.15, 0.2) is 0 Å². The first kappa shape index (κ1) is 12.6. The molecule has 0 spiro atoms. The molecular formula is C10H16O6. The molecule has 6 nitrogen and oxygen atoms in total. The lowest BCUT2D eigenvalue weighted by Crippen LogP contribution is -2.46. The van der Waals surface area contributed by atoms with Crippen LogP contribution in [0.25, 0.3) is 0 Å². The van der Waals surface area contributed by atoms with Crippen LogP contribution in [0.2, 0.25) is 0 Å². The van der Waals surface area contributed by atoms with Crippen molar-refractivity contribution in [2.24, 2.45) is 5.41 Å². The van der Waals surface area contributed by atoms with E-state index in [1.807, 2.05) is 0 Å². The van der Waals surface area contributed by atoms with E-state index >= 15 is 0 Å². The molecule has 0 radical (unpaired) electrons. The van der Waals surface area contributed by atoms with Gasteiger partial charge in [0.2, 0.25) is 0 Å². The minimum Gasteiger partial charge on any atom is -0.450 e. The molecule has 1 aliphatic rings. The summed E-state index contributed by atoms with van der Waals surface area (Å²) in [6.45, 7) is 5.15. The maximum Gasteiger partial charge on any atom is 0.506 e. The largest absolute Gasteiger partial charge is 0.506 e. The van der Waals surface area contributed by atoms with E-state index in [0.29, 0.717) is 12.8 Å². The normalized spacial score (nSPS) is 32.1. The van der Waals surface area contributed by atoms with Gasteiger partial charge in [-0.2, -0.15) is 0 Å².